The molecule has 2 aromatic carbocycles. The summed E-state index contributed by atoms with van der Waals surface area (Å²) in [6.07, 6.45) is 3.01. The van der Waals surface area contributed by atoms with Gasteiger partial charge in [0, 0.05) is 54.1 Å². The van der Waals surface area contributed by atoms with Crippen LogP contribution in [-0.4, -0.2) is 57.1 Å². The summed E-state index contributed by atoms with van der Waals surface area (Å²) in [5.74, 6) is 0.397. The Labute approximate surface area is 201 Å². The number of ether oxygens (including phenoxy) is 1. The van der Waals surface area contributed by atoms with Gasteiger partial charge in [0.2, 0.25) is 0 Å². The summed E-state index contributed by atoms with van der Waals surface area (Å²) in [5.41, 5.74) is 7.38. The molecule has 180 valence electrons. The maximum Gasteiger partial charge on any atom is 0.259 e. The van der Waals surface area contributed by atoms with Crippen LogP contribution in [-0.2, 0) is 24.2 Å². The topological polar surface area (TPSA) is 102 Å². The van der Waals surface area contributed by atoms with Crippen molar-refractivity contribution in [2.24, 2.45) is 0 Å². The number of likely N-dealkylation sites (N-methyl/N-ethyl adjacent to an activating group) is 1. The van der Waals surface area contributed by atoms with E-state index in [0.29, 0.717) is 24.3 Å². The summed E-state index contributed by atoms with van der Waals surface area (Å²) >= 11 is 0. The average molecular weight is 474 g/mol. The van der Waals surface area contributed by atoms with E-state index in [9.17, 15) is 14.8 Å². The van der Waals surface area contributed by atoms with Crippen LogP contribution in [0, 0.1) is 0 Å². The Hall–Kier alpha value is -4.01. The van der Waals surface area contributed by atoms with E-state index in [1.165, 1.54) is 4.90 Å². The van der Waals surface area contributed by atoms with E-state index in [-0.39, 0.29) is 24.5 Å². The number of aromatic nitrogens is 3. The van der Waals surface area contributed by atoms with Gasteiger partial charge in [-0.2, -0.15) is 0 Å². The third-order valence-corrected chi connectivity index (χ3v) is 7.11. The van der Waals surface area contributed by atoms with Crippen molar-refractivity contribution in [2.75, 3.05) is 20.7 Å². The van der Waals surface area contributed by atoms with Gasteiger partial charge in [0.05, 0.1) is 23.0 Å². The number of benzene rings is 2. The van der Waals surface area contributed by atoms with Crippen LogP contribution >= 0.6 is 0 Å². The highest BCUT2D eigenvalue weighted by molar-refractivity contribution is 6.19. The number of aryl methyl sites for hydroxylation is 2. The van der Waals surface area contributed by atoms with Crippen molar-refractivity contribution in [2.45, 2.75) is 39.3 Å². The van der Waals surface area contributed by atoms with E-state index in [4.69, 9.17) is 4.74 Å². The van der Waals surface area contributed by atoms with E-state index in [1.807, 2.05) is 18.2 Å². The molecule has 2 N–H and O–H groups in total. The Balaban J connectivity index is 1.67. The van der Waals surface area contributed by atoms with E-state index in [0.717, 1.165) is 61.0 Å². The molecule has 0 atom stereocenters. The van der Waals surface area contributed by atoms with Crippen molar-refractivity contribution in [3.63, 3.8) is 0 Å². The largest absolute Gasteiger partial charge is 0.484 e. The van der Waals surface area contributed by atoms with Gasteiger partial charge in [-0.05, 0) is 56.0 Å². The molecule has 0 saturated carbocycles. The van der Waals surface area contributed by atoms with Crippen LogP contribution in [0.3, 0.4) is 0 Å². The zero-order valence-electron chi connectivity index (χ0n) is 20.2. The molecular formula is C26H27N5O4. The smallest absolute Gasteiger partial charge is 0.259 e. The fraction of sp³-hybridized carbons (Fsp3) is 0.346. The van der Waals surface area contributed by atoms with E-state index >= 15 is 0 Å². The first-order chi connectivity index (χ1) is 16.8. The molecule has 4 aromatic rings. The van der Waals surface area contributed by atoms with Crippen LogP contribution in [0.4, 0.5) is 0 Å². The molecule has 6 rings (SSSR count). The Morgan fingerprint density at radius 3 is 2.77 bits per heavy atom. The zero-order chi connectivity index (χ0) is 24.6. The Morgan fingerprint density at radius 1 is 1.23 bits per heavy atom. The molecule has 2 aromatic heterocycles. The van der Waals surface area contributed by atoms with Crippen molar-refractivity contribution in [3.8, 4) is 16.9 Å². The number of fused-ring (bicyclic) bond motifs is 10. The maximum absolute atomic E-state index is 13.1. The van der Waals surface area contributed by atoms with Crippen molar-refractivity contribution in [1.29, 1.82) is 0 Å². The lowest BCUT2D eigenvalue weighted by Gasteiger charge is -2.22. The fourth-order valence-electron chi connectivity index (χ4n) is 5.60. The highest BCUT2D eigenvalue weighted by Crippen LogP contribution is 2.47. The standard InChI is InChI=1S/C26H27N5O4/c1-13(2)31-20-8-5-14(35-12-21(32)29(3)4)9-16(20)23-17-10-27-26(33)24(17)22-15(25(23)31)6-7-19-18(22)11-30(34)28-19/h5,8-9,11,13,34H,6-7,10,12H2,1-4H3,(H,27,33). The summed E-state index contributed by atoms with van der Waals surface area (Å²) in [5, 5.41) is 19.3. The fourth-order valence-corrected chi connectivity index (χ4v) is 5.60. The van der Waals surface area contributed by atoms with Gasteiger partial charge in [-0.1, -0.05) is 0 Å². The predicted octanol–water partition coefficient (Wildman–Crippen LogP) is 3.29. The molecule has 3 heterocycles. The van der Waals surface area contributed by atoms with E-state index < -0.39 is 0 Å². The van der Waals surface area contributed by atoms with Gasteiger partial charge in [0.1, 0.15) is 5.75 Å². The molecular weight excluding hydrogens is 446 g/mol. The van der Waals surface area contributed by atoms with E-state index in [2.05, 4.69) is 28.8 Å². The minimum Gasteiger partial charge on any atom is -0.484 e. The quantitative estimate of drug-likeness (QED) is 0.443. The van der Waals surface area contributed by atoms with Crippen LogP contribution in [0.5, 0.6) is 5.75 Å². The molecule has 0 saturated heterocycles. The number of hydrogen-bond acceptors (Lipinski definition) is 5. The number of rotatable bonds is 4. The lowest BCUT2D eigenvalue weighted by Crippen LogP contribution is -2.27. The number of amides is 2. The molecule has 0 fully saturated rings. The second-order valence-electron chi connectivity index (χ2n) is 9.74. The number of nitrogens with one attached hydrogen (secondary N) is 1. The first-order valence-corrected chi connectivity index (χ1v) is 11.8. The number of nitrogens with zero attached hydrogens (tertiary/aromatic N) is 4. The summed E-state index contributed by atoms with van der Waals surface area (Å²) in [6, 6.07) is 6.08. The molecule has 0 unspecified atom stereocenters. The van der Waals surface area contributed by atoms with Crippen LogP contribution in [0.1, 0.15) is 47.1 Å². The number of hydrogen-bond donors (Lipinski definition) is 2. The van der Waals surface area contributed by atoms with Crippen molar-refractivity contribution in [1.82, 2.24) is 24.7 Å². The molecule has 2 aliphatic rings. The van der Waals surface area contributed by atoms with Gasteiger partial charge < -0.3 is 24.7 Å². The molecule has 1 aliphatic heterocycles. The summed E-state index contributed by atoms with van der Waals surface area (Å²) < 4.78 is 8.17. The molecule has 9 nitrogen and oxygen atoms in total. The first kappa shape index (κ1) is 21.5. The van der Waals surface area contributed by atoms with Gasteiger partial charge in [-0.3, -0.25) is 9.59 Å². The van der Waals surface area contributed by atoms with Gasteiger partial charge in [0.15, 0.2) is 6.61 Å². The van der Waals surface area contributed by atoms with Crippen molar-refractivity contribution < 1.29 is 19.5 Å². The summed E-state index contributed by atoms with van der Waals surface area (Å²) in [6.45, 7) is 4.70. The third kappa shape index (κ3) is 3.03. The van der Waals surface area contributed by atoms with Crippen molar-refractivity contribution in [3.05, 3.63) is 46.8 Å². The van der Waals surface area contributed by atoms with Crippen LogP contribution in [0.15, 0.2) is 24.4 Å². The van der Waals surface area contributed by atoms with Gasteiger partial charge in [-0.25, -0.2) is 0 Å². The lowest BCUT2D eigenvalue weighted by atomic mass is 9.82. The summed E-state index contributed by atoms with van der Waals surface area (Å²) in [4.78, 5) is 27.5. The van der Waals surface area contributed by atoms with E-state index in [1.54, 1.807) is 20.3 Å². The average Bonchev–Trinajstić information content (AvgIpc) is 3.49. The molecule has 9 heteroatoms. The molecule has 2 amide bonds. The minimum atomic E-state index is -0.111. The summed E-state index contributed by atoms with van der Waals surface area (Å²) in [7, 11) is 3.40. The third-order valence-electron chi connectivity index (χ3n) is 7.11. The first-order valence-electron chi connectivity index (χ1n) is 11.8. The number of carbonyl (C=O) groups is 2. The molecule has 0 spiro atoms. The second kappa shape index (κ2) is 7.49. The van der Waals surface area contributed by atoms with Gasteiger partial charge in [-0.15, -0.1) is 9.94 Å². The SMILES string of the molecule is CC(C)n1c2ccc(OCC(=O)N(C)C)cc2c2c3c(c4c(c21)CCc1nn(O)cc1-4)C(=O)NC3. The highest BCUT2D eigenvalue weighted by atomic mass is 16.5. The zero-order valence-corrected chi connectivity index (χ0v) is 20.2. The monoisotopic (exact) mass is 473 g/mol. The number of carbonyl (C=O) groups excluding carboxylic acids is 2. The molecule has 0 radical (unpaired) electrons. The Bertz CT molecular complexity index is 1560. The van der Waals surface area contributed by atoms with Crippen LogP contribution in [0.2, 0.25) is 0 Å². The molecule has 1 aliphatic carbocycles. The Morgan fingerprint density at radius 2 is 2.03 bits per heavy atom. The highest BCUT2D eigenvalue weighted by Gasteiger charge is 2.35. The van der Waals surface area contributed by atoms with Crippen molar-refractivity contribution >= 4 is 33.6 Å². The molecule has 35 heavy (non-hydrogen) atoms. The predicted molar refractivity (Wildman–Crippen MR) is 131 cm³/mol. The van der Waals surface area contributed by atoms with Crippen LogP contribution < -0.4 is 10.1 Å². The lowest BCUT2D eigenvalue weighted by molar-refractivity contribution is -0.130. The van der Waals surface area contributed by atoms with Gasteiger partial charge >= 0.3 is 0 Å². The van der Waals surface area contributed by atoms with Crippen LogP contribution in [0.25, 0.3) is 32.9 Å². The Kier molecular flexibility index (Phi) is 4.61. The molecule has 0 bridgehead atoms. The normalized spacial score (nSPS) is 14.3. The minimum absolute atomic E-state index is 0.0389. The van der Waals surface area contributed by atoms with Gasteiger partial charge in [0.25, 0.3) is 11.8 Å². The maximum atomic E-state index is 13.1. The second-order valence-corrected chi connectivity index (χ2v) is 9.74.